The number of carbonyl (C=O) groups is 1. The minimum atomic E-state index is -1.17. The second-order valence-corrected chi connectivity index (χ2v) is 3.08. The highest BCUT2D eigenvalue weighted by molar-refractivity contribution is 14.1. The standard InChI is InChI=1S/C7H5IO3/c8-4-2-1-3-5(9)6(4)7(10)11/h1-3,9H,(H,10,11)/p-1. The van der Waals surface area contributed by atoms with Crippen molar-refractivity contribution < 1.29 is 15.0 Å². The first-order valence-electron chi connectivity index (χ1n) is 2.81. The smallest absolute Gasteiger partial charge is 0.336 e. The third-order valence-corrected chi connectivity index (χ3v) is 2.09. The molecule has 0 amide bonds. The molecule has 0 bridgehead atoms. The highest BCUT2D eigenvalue weighted by atomic mass is 127. The van der Waals surface area contributed by atoms with Gasteiger partial charge in [-0.3, -0.25) is 0 Å². The van der Waals surface area contributed by atoms with E-state index in [-0.39, 0.29) is 5.56 Å². The van der Waals surface area contributed by atoms with Crippen LogP contribution in [0.1, 0.15) is 10.4 Å². The number of hydrogen-bond acceptors (Lipinski definition) is 2. The summed E-state index contributed by atoms with van der Waals surface area (Å²) in [6.45, 7) is 0. The zero-order chi connectivity index (χ0) is 8.43. The molecular weight excluding hydrogens is 259 g/mol. The average molecular weight is 263 g/mol. The van der Waals surface area contributed by atoms with Crippen LogP contribution in [0.4, 0.5) is 0 Å². The van der Waals surface area contributed by atoms with Crippen LogP contribution in [0.3, 0.4) is 0 Å². The SMILES string of the molecule is O=C(O)c1c([O-])cccc1I. The molecule has 0 fully saturated rings. The molecule has 3 nitrogen and oxygen atoms in total. The van der Waals surface area contributed by atoms with Crippen molar-refractivity contribution >= 4 is 28.6 Å². The van der Waals surface area contributed by atoms with Gasteiger partial charge in [0.15, 0.2) is 0 Å². The van der Waals surface area contributed by atoms with E-state index in [4.69, 9.17) is 5.11 Å². The zero-order valence-corrected chi connectivity index (χ0v) is 7.53. The van der Waals surface area contributed by atoms with Gasteiger partial charge in [-0.25, -0.2) is 4.79 Å². The van der Waals surface area contributed by atoms with Crippen molar-refractivity contribution in [2.45, 2.75) is 0 Å². The summed E-state index contributed by atoms with van der Waals surface area (Å²) >= 11 is 1.82. The first kappa shape index (κ1) is 8.32. The van der Waals surface area contributed by atoms with Gasteiger partial charge < -0.3 is 10.2 Å². The van der Waals surface area contributed by atoms with Crippen LogP contribution in [-0.4, -0.2) is 11.1 Å². The predicted molar refractivity (Wildman–Crippen MR) is 45.6 cm³/mol. The molecule has 0 heterocycles. The number of rotatable bonds is 1. The molecule has 0 spiro atoms. The van der Waals surface area contributed by atoms with Gasteiger partial charge in [-0.05, 0) is 28.7 Å². The van der Waals surface area contributed by atoms with Crippen molar-refractivity contribution in [1.29, 1.82) is 0 Å². The Hall–Kier alpha value is -0.780. The third kappa shape index (κ3) is 1.62. The molecule has 1 aromatic carbocycles. The van der Waals surface area contributed by atoms with Gasteiger partial charge in [-0.2, -0.15) is 0 Å². The molecule has 0 aliphatic rings. The summed E-state index contributed by atoms with van der Waals surface area (Å²) in [4.78, 5) is 10.4. The Morgan fingerprint density at radius 3 is 2.55 bits per heavy atom. The monoisotopic (exact) mass is 263 g/mol. The number of carboxylic acid groups (broad SMARTS) is 1. The van der Waals surface area contributed by atoms with Crippen molar-refractivity contribution in [2.24, 2.45) is 0 Å². The lowest BCUT2D eigenvalue weighted by molar-refractivity contribution is -0.268. The maximum Gasteiger partial charge on any atom is 0.336 e. The maximum absolute atomic E-state index is 10.9. The Bertz CT molecular complexity index is 275. The van der Waals surface area contributed by atoms with Gasteiger partial charge in [0.2, 0.25) is 0 Å². The lowest BCUT2D eigenvalue weighted by Gasteiger charge is -2.09. The second-order valence-electron chi connectivity index (χ2n) is 1.92. The first-order chi connectivity index (χ1) is 5.13. The fourth-order valence-corrected chi connectivity index (χ4v) is 1.42. The molecular formula is C7H4IO3-. The lowest BCUT2D eigenvalue weighted by Crippen LogP contribution is -2.05. The Morgan fingerprint density at radius 1 is 1.55 bits per heavy atom. The summed E-state index contributed by atoms with van der Waals surface area (Å²) in [6, 6.07) is 4.37. The maximum atomic E-state index is 10.9. The molecule has 0 saturated carbocycles. The van der Waals surface area contributed by atoms with Crippen LogP contribution in [0.5, 0.6) is 5.75 Å². The van der Waals surface area contributed by atoms with Crippen LogP contribution in [0.2, 0.25) is 0 Å². The van der Waals surface area contributed by atoms with Gasteiger partial charge in [0, 0.05) is 3.57 Å². The van der Waals surface area contributed by atoms with E-state index in [1.807, 2.05) is 22.6 Å². The molecule has 0 radical (unpaired) electrons. The summed E-state index contributed by atoms with van der Waals surface area (Å²) in [5.41, 5.74) is -0.145. The highest BCUT2D eigenvalue weighted by Gasteiger charge is 2.06. The van der Waals surface area contributed by atoms with E-state index in [0.717, 1.165) is 0 Å². The molecule has 0 unspecified atom stereocenters. The predicted octanol–water partition coefficient (Wildman–Crippen LogP) is 1.06. The Morgan fingerprint density at radius 2 is 2.18 bits per heavy atom. The number of aromatic carboxylic acids is 1. The number of carboxylic acids is 1. The van der Waals surface area contributed by atoms with E-state index in [2.05, 4.69) is 0 Å². The largest absolute Gasteiger partial charge is 0.872 e. The molecule has 4 heteroatoms. The second kappa shape index (κ2) is 3.08. The van der Waals surface area contributed by atoms with Crippen LogP contribution in [0, 0.1) is 3.57 Å². The van der Waals surface area contributed by atoms with Gasteiger partial charge in [0.1, 0.15) is 0 Å². The minimum absolute atomic E-state index is 0.145. The van der Waals surface area contributed by atoms with E-state index in [0.29, 0.717) is 3.57 Å². The fraction of sp³-hybridized carbons (Fsp3) is 0. The van der Waals surface area contributed by atoms with Gasteiger partial charge in [-0.1, -0.05) is 17.9 Å². The van der Waals surface area contributed by atoms with Crippen LogP contribution < -0.4 is 5.11 Å². The van der Waals surface area contributed by atoms with E-state index < -0.39 is 11.7 Å². The van der Waals surface area contributed by atoms with Crippen molar-refractivity contribution in [2.75, 3.05) is 0 Å². The van der Waals surface area contributed by atoms with E-state index in [1.165, 1.54) is 12.1 Å². The molecule has 0 saturated heterocycles. The van der Waals surface area contributed by atoms with Gasteiger partial charge in [0.05, 0.1) is 5.56 Å². The number of hydrogen-bond donors (Lipinski definition) is 1. The quantitative estimate of drug-likeness (QED) is 0.771. The van der Waals surface area contributed by atoms with Crippen molar-refractivity contribution in [1.82, 2.24) is 0 Å². The summed E-state index contributed by atoms with van der Waals surface area (Å²) in [6.07, 6.45) is 0. The molecule has 11 heavy (non-hydrogen) atoms. The van der Waals surface area contributed by atoms with Crippen molar-refractivity contribution in [3.8, 4) is 5.75 Å². The average Bonchev–Trinajstić information content (AvgIpc) is 1.85. The van der Waals surface area contributed by atoms with Gasteiger partial charge >= 0.3 is 5.97 Å². The van der Waals surface area contributed by atoms with Crippen LogP contribution >= 0.6 is 22.6 Å². The van der Waals surface area contributed by atoms with Crippen molar-refractivity contribution in [3.05, 3.63) is 27.3 Å². The molecule has 1 aromatic rings. The lowest BCUT2D eigenvalue weighted by atomic mass is 10.2. The van der Waals surface area contributed by atoms with Crippen LogP contribution in [-0.2, 0) is 0 Å². The molecule has 58 valence electrons. The first-order valence-corrected chi connectivity index (χ1v) is 3.89. The van der Waals surface area contributed by atoms with Crippen LogP contribution in [0.15, 0.2) is 18.2 Å². The van der Waals surface area contributed by atoms with Gasteiger partial charge in [-0.15, -0.1) is 0 Å². The van der Waals surface area contributed by atoms with Crippen LogP contribution in [0.25, 0.3) is 0 Å². The fourth-order valence-electron chi connectivity index (χ4n) is 0.712. The van der Waals surface area contributed by atoms with Gasteiger partial charge in [0.25, 0.3) is 0 Å². The molecule has 0 aromatic heterocycles. The third-order valence-electron chi connectivity index (χ3n) is 1.19. The molecule has 1 rings (SSSR count). The van der Waals surface area contributed by atoms with E-state index in [9.17, 15) is 9.90 Å². The van der Waals surface area contributed by atoms with E-state index >= 15 is 0 Å². The Balaban J connectivity index is 3.32. The van der Waals surface area contributed by atoms with Crippen molar-refractivity contribution in [3.63, 3.8) is 0 Å². The summed E-state index contributed by atoms with van der Waals surface area (Å²) < 4.78 is 0.475. The Labute approximate surface area is 76.8 Å². The summed E-state index contributed by atoms with van der Waals surface area (Å²) in [5.74, 6) is -1.61. The zero-order valence-electron chi connectivity index (χ0n) is 5.37. The summed E-state index contributed by atoms with van der Waals surface area (Å²) in [7, 11) is 0. The minimum Gasteiger partial charge on any atom is -0.872 e. The van der Waals surface area contributed by atoms with E-state index in [1.54, 1.807) is 6.07 Å². The number of benzene rings is 1. The Kier molecular flexibility index (Phi) is 2.33. The highest BCUT2D eigenvalue weighted by Crippen LogP contribution is 2.19. The topological polar surface area (TPSA) is 60.4 Å². The molecule has 0 atom stereocenters. The molecule has 0 aliphatic heterocycles. The molecule has 0 aliphatic carbocycles. The normalized spacial score (nSPS) is 9.55. The molecule has 1 N–H and O–H groups in total. The number of halogens is 1. The summed E-state index contributed by atoms with van der Waals surface area (Å²) in [5, 5.41) is 19.4.